The van der Waals surface area contributed by atoms with E-state index in [1.807, 2.05) is 6.92 Å². The number of rotatable bonds is 5. The second-order valence-electron chi connectivity index (χ2n) is 5.91. The Morgan fingerprint density at radius 1 is 1.43 bits per heavy atom. The summed E-state index contributed by atoms with van der Waals surface area (Å²) < 4.78 is 26.8. The molecule has 1 unspecified atom stereocenters. The van der Waals surface area contributed by atoms with Crippen LogP contribution in [-0.2, 0) is 10.0 Å². The Balaban J connectivity index is 2.31. The maximum absolute atomic E-state index is 12.7. The van der Waals surface area contributed by atoms with Crippen molar-refractivity contribution in [2.24, 2.45) is 11.1 Å². The van der Waals surface area contributed by atoms with Crippen molar-refractivity contribution in [2.75, 3.05) is 19.6 Å². The predicted molar refractivity (Wildman–Crippen MR) is 81.6 cm³/mol. The molecular formula is C15H22N2O3S. The molecule has 0 amide bonds. The monoisotopic (exact) mass is 310 g/mol. The quantitative estimate of drug-likeness (QED) is 0.838. The van der Waals surface area contributed by atoms with Gasteiger partial charge in [0.15, 0.2) is 5.78 Å². The topological polar surface area (TPSA) is 80.5 Å². The number of Topliss-reactive ketones (excluding diaryl/α,β-unsaturated/α-hetero) is 1. The van der Waals surface area contributed by atoms with Gasteiger partial charge in [-0.1, -0.05) is 26.0 Å². The molecule has 2 N–H and O–H groups in total. The molecule has 0 bridgehead atoms. The minimum absolute atomic E-state index is 0.0553. The largest absolute Gasteiger partial charge is 0.330 e. The van der Waals surface area contributed by atoms with Crippen LogP contribution in [0, 0.1) is 5.41 Å². The average molecular weight is 310 g/mol. The Morgan fingerprint density at radius 2 is 2.14 bits per heavy atom. The summed E-state index contributed by atoms with van der Waals surface area (Å²) in [4.78, 5) is 11.9. The van der Waals surface area contributed by atoms with Gasteiger partial charge in [-0.15, -0.1) is 0 Å². The van der Waals surface area contributed by atoms with Crippen LogP contribution >= 0.6 is 0 Å². The zero-order valence-electron chi connectivity index (χ0n) is 12.5. The van der Waals surface area contributed by atoms with Gasteiger partial charge >= 0.3 is 0 Å². The number of nitrogens with two attached hydrogens (primary N) is 1. The summed E-state index contributed by atoms with van der Waals surface area (Å²) in [5, 5.41) is 0. The molecular weight excluding hydrogens is 288 g/mol. The molecule has 1 atom stereocenters. The first-order chi connectivity index (χ1) is 9.82. The van der Waals surface area contributed by atoms with Gasteiger partial charge in [0.2, 0.25) is 10.0 Å². The van der Waals surface area contributed by atoms with E-state index in [1.54, 1.807) is 25.1 Å². The van der Waals surface area contributed by atoms with E-state index < -0.39 is 10.0 Å². The Hall–Kier alpha value is -1.24. The predicted octanol–water partition coefficient (Wildman–Crippen LogP) is 1.64. The molecule has 2 rings (SSSR count). The van der Waals surface area contributed by atoms with Gasteiger partial charge in [-0.2, -0.15) is 4.31 Å². The number of sulfonamides is 1. The van der Waals surface area contributed by atoms with Crippen LogP contribution in [0.1, 0.15) is 37.0 Å². The van der Waals surface area contributed by atoms with E-state index in [0.717, 1.165) is 6.42 Å². The molecule has 1 saturated heterocycles. The summed E-state index contributed by atoms with van der Waals surface area (Å²) >= 11 is 0. The van der Waals surface area contributed by atoms with Crippen LogP contribution in [0.25, 0.3) is 0 Å². The molecule has 6 heteroatoms. The molecule has 0 spiro atoms. The second-order valence-corrected chi connectivity index (χ2v) is 7.85. The lowest BCUT2D eigenvalue weighted by Crippen LogP contribution is -2.34. The molecule has 1 aliphatic heterocycles. The molecule has 0 radical (unpaired) electrons. The van der Waals surface area contributed by atoms with E-state index in [9.17, 15) is 13.2 Å². The van der Waals surface area contributed by atoms with Gasteiger partial charge in [0.25, 0.3) is 0 Å². The Labute approximate surface area is 126 Å². The summed E-state index contributed by atoms with van der Waals surface area (Å²) in [6.07, 6.45) is 1.12. The van der Waals surface area contributed by atoms with Crippen LogP contribution in [0.2, 0.25) is 0 Å². The fraction of sp³-hybridized carbons (Fsp3) is 0.533. The van der Waals surface area contributed by atoms with Crippen LogP contribution in [0.4, 0.5) is 0 Å². The lowest BCUT2D eigenvalue weighted by Gasteiger charge is -2.22. The van der Waals surface area contributed by atoms with Crippen molar-refractivity contribution >= 4 is 15.8 Å². The highest BCUT2D eigenvalue weighted by Crippen LogP contribution is 2.32. The summed E-state index contributed by atoms with van der Waals surface area (Å²) in [6.45, 7) is 5.13. The van der Waals surface area contributed by atoms with Crippen molar-refractivity contribution in [1.82, 2.24) is 4.31 Å². The van der Waals surface area contributed by atoms with Crippen LogP contribution in [0.5, 0.6) is 0 Å². The minimum Gasteiger partial charge on any atom is -0.330 e. The van der Waals surface area contributed by atoms with E-state index in [2.05, 4.69) is 0 Å². The summed E-state index contributed by atoms with van der Waals surface area (Å²) in [5.74, 6) is -0.0553. The smallest absolute Gasteiger partial charge is 0.243 e. The van der Waals surface area contributed by atoms with Crippen LogP contribution < -0.4 is 5.73 Å². The third kappa shape index (κ3) is 3.17. The normalized spacial score (nSPS) is 23.4. The SMILES string of the molecule is CCC(=O)c1cccc(S(=O)(=O)N2CCC(C)(CN)C2)c1. The zero-order valence-corrected chi connectivity index (χ0v) is 13.3. The maximum atomic E-state index is 12.7. The third-order valence-electron chi connectivity index (χ3n) is 4.13. The van der Waals surface area contributed by atoms with Crippen molar-refractivity contribution in [3.8, 4) is 0 Å². The first-order valence-electron chi connectivity index (χ1n) is 7.16. The van der Waals surface area contributed by atoms with E-state index in [-0.39, 0.29) is 16.1 Å². The third-order valence-corrected chi connectivity index (χ3v) is 5.97. The summed E-state index contributed by atoms with van der Waals surface area (Å²) in [5.41, 5.74) is 6.01. The van der Waals surface area contributed by atoms with Crippen molar-refractivity contribution in [3.05, 3.63) is 29.8 Å². The van der Waals surface area contributed by atoms with Gasteiger partial charge in [0.05, 0.1) is 4.90 Å². The Kier molecular flexibility index (Phi) is 4.51. The van der Waals surface area contributed by atoms with Gasteiger partial charge in [-0.3, -0.25) is 4.79 Å². The van der Waals surface area contributed by atoms with Crippen LogP contribution in [0.3, 0.4) is 0 Å². The number of ketones is 1. The van der Waals surface area contributed by atoms with Crippen LogP contribution in [0.15, 0.2) is 29.2 Å². The van der Waals surface area contributed by atoms with E-state index in [0.29, 0.717) is 31.6 Å². The number of nitrogens with zero attached hydrogens (tertiary/aromatic N) is 1. The van der Waals surface area contributed by atoms with Gasteiger partial charge in [0, 0.05) is 25.1 Å². The molecule has 116 valence electrons. The highest BCUT2D eigenvalue weighted by Gasteiger charge is 2.39. The zero-order chi connectivity index (χ0) is 15.7. The fourth-order valence-corrected chi connectivity index (χ4v) is 4.17. The molecule has 1 aromatic rings. The molecule has 1 fully saturated rings. The number of carbonyl (C=O) groups is 1. The molecule has 0 aromatic heterocycles. The van der Waals surface area contributed by atoms with E-state index in [1.165, 1.54) is 10.4 Å². The molecule has 1 aliphatic rings. The minimum atomic E-state index is -3.56. The molecule has 5 nitrogen and oxygen atoms in total. The van der Waals surface area contributed by atoms with Gasteiger partial charge in [0.1, 0.15) is 0 Å². The van der Waals surface area contributed by atoms with E-state index >= 15 is 0 Å². The highest BCUT2D eigenvalue weighted by atomic mass is 32.2. The summed E-state index contributed by atoms with van der Waals surface area (Å²) in [6, 6.07) is 6.28. The standard InChI is InChI=1S/C15H22N2O3S/c1-3-14(18)12-5-4-6-13(9-12)21(19,20)17-8-7-15(2,10-16)11-17/h4-6,9H,3,7-8,10-11,16H2,1-2H3. The maximum Gasteiger partial charge on any atom is 0.243 e. The molecule has 0 aliphatic carbocycles. The number of carbonyl (C=O) groups excluding carboxylic acids is 1. The van der Waals surface area contributed by atoms with Crippen molar-refractivity contribution in [1.29, 1.82) is 0 Å². The first-order valence-corrected chi connectivity index (χ1v) is 8.60. The van der Waals surface area contributed by atoms with Crippen molar-refractivity contribution < 1.29 is 13.2 Å². The molecule has 21 heavy (non-hydrogen) atoms. The van der Waals surface area contributed by atoms with Crippen molar-refractivity contribution in [2.45, 2.75) is 31.6 Å². The Morgan fingerprint density at radius 3 is 2.71 bits per heavy atom. The molecule has 1 aromatic carbocycles. The lowest BCUT2D eigenvalue weighted by molar-refractivity contribution is 0.0988. The number of hydrogen-bond donors (Lipinski definition) is 1. The molecule has 1 heterocycles. The molecule has 0 saturated carbocycles. The van der Waals surface area contributed by atoms with E-state index in [4.69, 9.17) is 5.73 Å². The second kappa shape index (κ2) is 5.87. The van der Waals surface area contributed by atoms with Gasteiger partial charge in [-0.25, -0.2) is 8.42 Å². The average Bonchev–Trinajstić information content (AvgIpc) is 2.90. The number of benzene rings is 1. The summed E-state index contributed by atoms with van der Waals surface area (Å²) in [7, 11) is -3.56. The van der Waals surface area contributed by atoms with Gasteiger partial charge in [-0.05, 0) is 30.5 Å². The van der Waals surface area contributed by atoms with Crippen molar-refractivity contribution in [3.63, 3.8) is 0 Å². The number of hydrogen-bond acceptors (Lipinski definition) is 4. The van der Waals surface area contributed by atoms with Gasteiger partial charge < -0.3 is 5.73 Å². The lowest BCUT2D eigenvalue weighted by atomic mass is 9.90. The highest BCUT2D eigenvalue weighted by molar-refractivity contribution is 7.89. The fourth-order valence-electron chi connectivity index (χ4n) is 2.53. The Bertz CT molecular complexity index is 642. The first kappa shape index (κ1) is 16.1. The van der Waals surface area contributed by atoms with Crippen LogP contribution in [-0.4, -0.2) is 38.1 Å².